The van der Waals surface area contributed by atoms with Gasteiger partial charge in [0.15, 0.2) is 6.17 Å². The highest BCUT2D eigenvalue weighted by Crippen LogP contribution is 2.43. The van der Waals surface area contributed by atoms with Crippen molar-refractivity contribution < 1.29 is 8.83 Å². The Bertz CT molecular complexity index is 3500. The molecule has 5 nitrogen and oxygen atoms in total. The molecule has 2 aromatic heterocycles. The van der Waals surface area contributed by atoms with E-state index in [0.717, 1.165) is 94.1 Å². The molecule has 0 saturated carbocycles. The third kappa shape index (κ3) is 5.32. The number of benzene rings is 9. The van der Waals surface area contributed by atoms with E-state index < -0.39 is 6.17 Å². The van der Waals surface area contributed by atoms with E-state index in [2.05, 4.69) is 163 Å². The second kappa shape index (κ2) is 12.9. The van der Waals surface area contributed by atoms with Crippen molar-refractivity contribution in [1.29, 1.82) is 0 Å². The molecule has 9 aromatic carbocycles. The highest BCUT2D eigenvalue weighted by molar-refractivity contribution is 6.18. The molecular formula is C53H33N3O2. The van der Waals surface area contributed by atoms with E-state index in [0.29, 0.717) is 0 Å². The molecule has 5 heteroatoms. The summed E-state index contributed by atoms with van der Waals surface area (Å²) in [6.07, 6.45) is -0.590. The topological polar surface area (TPSA) is 63.0 Å². The second-order valence-electron chi connectivity index (χ2n) is 15.0. The predicted octanol–water partition coefficient (Wildman–Crippen LogP) is 13.6. The minimum Gasteiger partial charge on any atom is -0.456 e. The first-order valence-electron chi connectivity index (χ1n) is 19.6. The first kappa shape index (κ1) is 32.5. The number of rotatable bonds is 5. The zero-order valence-electron chi connectivity index (χ0n) is 31.2. The first-order valence-corrected chi connectivity index (χ1v) is 19.6. The van der Waals surface area contributed by atoms with Crippen molar-refractivity contribution in [1.82, 2.24) is 5.32 Å². The Kier molecular flexibility index (Phi) is 7.23. The van der Waals surface area contributed by atoms with Gasteiger partial charge >= 0.3 is 0 Å². The van der Waals surface area contributed by atoms with E-state index >= 15 is 0 Å². The zero-order chi connectivity index (χ0) is 38.2. The maximum atomic E-state index is 6.66. The van der Waals surface area contributed by atoms with Gasteiger partial charge < -0.3 is 14.2 Å². The number of hydrogen-bond donors (Lipinski definition) is 1. The summed E-state index contributed by atoms with van der Waals surface area (Å²) in [5.41, 5.74) is 10.7. The van der Waals surface area contributed by atoms with Gasteiger partial charge in [-0.15, -0.1) is 0 Å². The number of hydrogen-bond acceptors (Lipinski definition) is 5. The molecule has 3 heterocycles. The zero-order valence-corrected chi connectivity index (χ0v) is 31.2. The fourth-order valence-electron chi connectivity index (χ4n) is 8.68. The summed E-state index contributed by atoms with van der Waals surface area (Å²) in [4.78, 5) is 10.9. The predicted molar refractivity (Wildman–Crippen MR) is 239 cm³/mol. The molecule has 0 amide bonds. The molecule has 1 aliphatic rings. The Morgan fingerprint density at radius 2 is 0.931 bits per heavy atom. The SMILES string of the molecule is c1ccc(-c2ccc3ccc(C4=NC(c5cc(-c6cccc7oc8ccccc8c67)cc6oc7ccccc7c56)N=C(c5ccc6ccccc6c5)N4)cc3c2)cc1. The molecule has 1 atom stereocenters. The molecule has 1 unspecified atom stereocenters. The van der Waals surface area contributed by atoms with Gasteiger partial charge in [-0.1, -0.05) is 140 Å². The standard InChI is InChI=1S/C53H33N3O2/c1-2-11-32(12-3-1)36-24-21-34-23-26-38(29-39(34)28-36)52-54-51(37-25-22-33-13-4-5-14-35(33)27-37)55-53(56-52)44-30-40(31-48-50(44)43-16-7-9-19-46(43)58-48)41-17-10-20-47-49(41)42-15-6-8-18-45(42)57-47/h1-31,53H,(H,54,55,56). The van der Waals surface area contributed by atoms with Gasteiger partial charge in [-0.3, -0.25) is 0 Å². The Labute approximate surface area is 333 Å². The van der Waals surface area contributed by atoms with Crippen LogP contribution >= 0.6 is 0 Å². The largest absolute Gasteiger partial charge is 0.456 e. The Morgan fingerprint density at radius 1 is 0.362 bits per heavy atom. The van der Waals surface area contributed by atoms with Crippen LogP contribution in [0.2, 0.25) is 0 Å². The number of nitrogens with one attached hydrogen (secondary N) is 1. The highest BCUT2D eigenvalue weighted by Gasteiger charge is 2.26. The summed E-state index contributed by atoms with van der Waals surface area (Å²) in [6, 6.07) is 65.8. The van der Waals surface area contributed by atoms with Crippen molar-refractivity contribution >= 4 is 77.1 Å². The van der Waals surface area contributed by atoms with Gasteiger partial charge in [0.2, 0.25) is 0 Å². The Hall–Kier alpha value is -7.76. The van der Waals surface area contributed by atoms with Crippen molar-refractivity contribution in [2.75, 3.05) is 0 Å². The van der Waals surface area contributed by atoms with Crippen molar-refractivity contribution in [3.63, 3.8) is 0 Å². The van der Waals surface area contributed by atoms with Gasteiger partial charge in [0.1, 0.15) is 34.0 Å². The van der Waals surface area contributed by atoms with Gasteiger partial charge in [0.05, 0.1) is 0 Å². The van der Waals surface area contributed by atoms with E-state index in [1.165, 1.54) is 21.9 Å². The van der Waals surface area contributed by atoms with Crippen LogP contribution in [0, 0.1) is 0 Å². The summed E-state index contributed by atoms with van der Waals surface area (Å²) >= 11 is 0. The molecule has 0 bridgehead atoms. The maximum Gasteiger partial charge on any atom is 0.170 e. The van der Waals surface area contributed by atoms with Gasteiger partial charge in [-0.05, 0) is 92.3 Å². The average molecular weight is 744 g/mol. The number of furan rings is 2. The fraction of sp³-hybridized carbons (Fsp3) is 0.0189. The lowest BCUT2D eigenvalue weighted by atomic mass is 9.94. The van der Waals surface area contributed by atoms with Crippen LogP contribution in [-0.4, -0.2) is 11.7 Å². The minimum absolute atomic E-state index is 0.590. The lowest BCUT2D eigenvalue weighted by Crippen LogP contribution is -2.36. The van der Waals surface area contributed by atoms with Gasteiger partial charge in [0.25, 0.3) is 0 Å². The van der Waals surface area contributed by atoms with Crippen LogP contribution in [0.15, 0.2) is 207 Å². The van der Waals surface area contributed by atoms with Gasteiger partial charge in [-0.25, -0.2) is 9.98 Å². The van der Waals surface area contributed by atoms with Crippen LogP contribution in [0.5, 0.6) is 0 Å². The van der Waals surface area contributed by atoms with Crippen LogP contribution in [0.3, 0.4) is 0 Å². The van der Waals surface area contributed by atoms with E-state index in [1.807, 2.05) is 30.3 Å². The molecule has 12 rings (SSSR count). The van der Waals surface area contributed by atoms with E-state index in [-0.39, 0.29) is 0 Å². The molecule has 0 saturated heterocycles. The maximum absolute atomic E-state index is 6.66. The molecule has 1 aliphatic heterocycles. The lowest BCUT2D eigenvalue weighted by Gasteiger charge is -2.23. The lowest BCUT2D eigenvalue weighted by molar-refractivity contribution is 0.667. The van der Waals surface area contributed by atoms with E-state index in [9.17, 15) is 0 Å². The first-order chi connectivity index (χ1) is 28.7. The third-order valence-electron chi connectivity index (χ3n) is 11.5. The number of amidine groups is 2. The quantitative estimate of drug-likeness (QED) is 0.191. The normalized spacial score (nSPS) is 14.4. The van der Waals surface area contributed by atoms with E-state index in [1.54, 1.807) is 0 Å². The van der Waals surface area contributed by atoms with Crippen LogP contribution in [-0.2, 0) is 0 Å². The molecule has 0 aliphatic carbocycles. The number of fused-ring (bicyclic) bond motifs is 8. The van der Waals surface area contributed by atoms with Gasteiger partial charge in [0, 0.05) is 38.2 Å². The monoisotopic (exact) mass is 743 g/mol. The summed E-state index contributed by atoms with van der Waals surface area (Å²) < 4.78 is 13.0. The van der Waals surface area contributed by atoms with E-state index in [4.69, 9.17) is 18.8 Å². The van der Waals surface area contributed by atoms with Crippen LogP contribution in [0.25, 0.3) is 87.7 Å². The fourth-order valence-corrected chi connectivity index (χ4v) is 8.68. The molecule has 11 aromatic rings. The van der Waals surface area contributed by atoms with Crippen LogP contribution in [0.4, 0.5) is 0 Å². The van der Waals surface area contributed by atoms with Crippen molar-refractivity contribution in [2.45, 2.75) is 6.17 Å². The van der Waals surface area contributed by atoms with Gasteiger partial charge in [-0.2, -0.15) is 0 Å². The molecule has 58 heavy (non-hydrogen) atoms. The third-order valence-corrected chi connectivity index (χ3v) is 11.5. The molecule has 0 radical (unpaired) electrons. The minimum atomic E-state index is -0.590. The molecule has 0 spiro atoms. The van der Waals surface area contributed by atoms with Crippen molar-refractivity contribution in [2.24, 2.45) is 9.98 Å². The number of aliphatic imine (C=N–C) groups is 2. The second-order valence-corrected chi connectivity index (χ2v) is 15.0. The summed E-state index contributed by atoms with van der Waals surface area (Å²) in [6.45, 7) is 0. The van der Waals surface area contributed by atoms with Crippen molar-refractivity contribution in [3.05, 3.63) is 205 Å². The average Bonchev–Trinajstić information content (AvgIpc) is 3.87. The molecule has 272 valence electrons. The van der Waals surface area contributed by atoms with Crippen LogP contribution in [0.1, 0.15) is 22.9 Å². The summed E-state index contributed by atoms with van der Waals surface area (Å²) in [5.74, 6) is 1.51. The number of para-hydroxylation sites is 2. The molecule has 0 fully saturated rings. The summed E-state index contributed by atoms with van der Waals surface area (Å²) in [5, 5.41) is 12.5. The number of nitrogens with zero attached hydrogens (tertiary/aromatic N) is 2. The molecular weight excluding hydrogens is 711 g/mol. The smallest absolute Gasteiger partial charge is 0.170 e. The Balaban J connectivity index is 1.09. The Morgan fingerprint density at radius 3 is 1.69 bits per heavy atom. The molecule has 1 N–H and O–H groups in total. The summed E-state index contributed by atoms with van der Waals surface area (Å²) in [7, 11) is 0. The highest BCUT2D eigenvalue weighted by atomic mass is 16.3. The van der Waals surface area contributed by atoms with Crippen molar-refractivity contribution in [3.8, 4) is 22.3 Å². The van der Waals surface area contributed by atoms with Crippen LogP contribution < -0.4 is 5.32 Å².